The molecule has 0 saturated carbocycles. The minimum atomic E-state index is -0.226. The van der Waals surface area contributed by atoms with Gasteiger partial charge in [-0.25, -0.2) is 0 Å². The summed E-state index contributed by atoms with van der Waals surface area (Å²) in [6, 6.07) is 1.68. The van der Waals surface area contributed by atoms with Crippen molar-refractivity contribution in [3.05, 3.63) is 17.5 Å². The molecule has 0 atom stereocenters. The van der Waals surface area contributed by atoms with Gasteiger partial charge in [-0.15, -0.1) is 0 Å². The number of aryl methyl sites for hydroxylation is 1. The topological polar surface area (TPSA) is 84.7 Å². The highest BCUT2D eigenvalue weighted by atomic mass is 16.5. The first-order valence-electron chi connectivity index (χ1n) is 7.11. The van der Waals surface area contributed by atoms with Gasteiger partial charge in [-0.2, -0.15) is 0 Å². The third-order valence-electron chi connectivity index (χ3n) is 3.56. The first kappa shape index (κ1) is 15.5. The highest BCUT2D eigenvalue weighted by Crippen LogP contribution is 2.12. The Morgan fingerprint density at radius 1 is 1.48 bits per heavy atom. The van der Waals surface area contributed by atoms with Crippen molar-refractivity contribution in [1.29, 1.82) is 0 Å². The summed E-state index contributed by atoms with van der Waals surface area (Å²) in [4.78, 5) is 25.6. The fourth-order valence-electron chi connectivity index (χ4n) is 2.35. The van der Waals surface area contributed by atoms with E-state index < -0.39 is 0 Å². The molecule has 1 aromatic rings. The molecule has 1 fully saturated rings. The zero-order chi connectivity index (χ0) is 15.2. The van der Waals surface area contributed by atoms with Gasteiger partial charge in [0.15, 0.2) is 5.69 Å². The standard InChI is InChI=1S/C14H21N3O4/c1-10-9-12(16-21-10)14(19)15-11-3-6-17(7-4-11)13(18)5-8-20-2/h9,11H,3-8H2,1-2H3,(H,15,19). The lowest BCUT2D eigenvalue weighted by Gasteiger charge is -2.32. The van der Waals surface area contributed by atoms with Crippen LogP contribution >= 0.6 is 0 Å². The van der Waals surface area contributed by atoms with E-state index in [4.69, 9.17) is 9.26 Å². The number of aromatic nitrogens is 1. The number of nitrogens with zero attached hydrogens (tertiary/aromatic N) is 2. The van der Waals surface area contributed by atoms with Crippen molar-refractivity contribution >= 4 is 11.8 Å². The molecule has 1 aliphatic heterocycles. The molecule has 2 amide bonds. The largest absolute Gasteiger partial charge is 0.384 e. The second-order valence-corrected chi connectivity index (χ2v) is 5.19. The van der Waals surface area contributed by atoms with E-state index in [0.717, 1.165) is 12.8 Å². The van der Waals surface area contributed by atoms with Crippen molar-refractivity contribution in [1.82, 2.24) is 15.4 Å². The molecule has 1 aliphatic rings. The SMILES string of the molecule is COCCC(=O)N1CCC(NC(=O)c2cc(C)on2)CC1. The van der Waals surface area contributed by atoms with Crippen LogP contribution in [0.3, 0.4) is 0 Å². The predicted molar refractivity (Wildman–Crippen MR) is 74.8 cm³/mol. The Morgan fingerprint density at radius 3 is 2.76 bits per heavy atom. The van der Waals surface area contributed by atoms with Crippen LogP contribution in [0.4, 0.5) is 0 Å². The molecule has 0 unspecified atom stereocenters. The molecule has 0 aliphatic carbocycles. The number of rotatable bonds is 5. The summed E-state index contributed by atoms with van der Waals surface area (Å²) in [5.74, 6) is 0.489. The number of amides is 2. The number of likely N-dealkylation sites (tertiary alicyclic amines) is 1. The molecule has 0 bridgehead atoms. The average Bonchev–Trinajstić information content (AvgIpc) is 2.92. The molecule has 2 rings (SSSR count). The van der Waals surface area contributed by atoms with Crippen molar-refractivity contribution < 1.29 is 18.8 Å². The van der Waals surface area contributed by atoms with Crippen molar-refractivity contribution in [2.75, 3.05) is 26.8 Å². The number of piperidine rings is 1. The Kier molecular flexibility index (Phi) is 5.32. The Hall–Kier alpha value is -1.89. The van der Waals surface area contributed by atoms with Crippen molar-refractivity contribution in [3.63, 3.8) is 0 Å². The third-order valence-corrected chi connectivity index (χ3v) is 3.56. The van der Waals surface area contributed by atoms with Gasteiger partial charge in [-0.1, -0.05) is 5.16 Å². The Bertz CT molecular complexity index is 492. The number of hydrogen-bond acceptors (Lipinski definition) is 5. The van der Waals surface area contributed by atoms with Crippen molar-refractivity contribution in [3.8, 4) is 0 Å². The summed E-state index contributed by atoms with van der Waals surface area (Å²) in [7, 11) is 1.58. The molecule has 7 heteroatoms. The lowest BCUT2D eigenvalue weighted by Crippen LogP contribution is -2.46. The van der Waals surface area contributed by atoms with Gasteiger partial charge in [0, 0.05) is 32.3 Å². The van der Waals surface area contributed by atoms with Crippen LogP contribution in [0.15, 0.2) is 10.6 Å². The van der Waals surface area contributed by atoms with Gasteiger partial charge in [0.2, 0.25) is 5.91 Å². The van der Waals surface area contributed by atoms with Crippen LogP contribution in [0, 0.1) is 6.92 Å². The monoisotopic (exact) mass is 295 g/mol. The van der Waals surface area contributed by atoms with E-state index in [-0.39, 0.29) is 17.9 Å². The molecule has 1 aromatic heterocycles. The molecular weight excluding hydrogens is 274 g/mol. The molecule has 1 N–H and O–H groups in total. The molecule has 116 valence electrons. The zero-order valence-corrected chi connectivity index (χ0v) is 12.4. The highest BCUT2D eigenvalue weighted by Gasteiger charge is 2.24. The third kappa shape index (κ3) is 4.29. The summed E-state index contributed by atoms with van der Waals surface area (Å²) in [6.45, 7) is 3.51. The quantitative estimate of drug-likeness (QED) is 0.866. The molecule has 0 radical (unpaired) electrons. The molecular formula is C14H21N3O4. The second kappa shape index (κ2) is 7.21. The van der Waals surface area contributed by atoms with Gasteiger partial charge in [-0.3, -0.25) is 9.59 Å². The molecule has 0 spiro atoms. The second-order valence-electron chi connectivity index (χ2n) is 5.19. The maximum Gasteiger partial charge on any atom is 0.273 e. The van der Waals surface area contributed by atoms with Gasteiger partial charge < -0.3 is 19.5 Å². The molecule has 2 heterocycles. The smallest absolute Gasteiger partial charge is 0.273 e. The van der Waals surface area contributed by atoms with Crippen molar-refractivity contribution in [2.45, 2.75) is 32.2 Å². The van der Waals surface area contributed by atoms with Crippen LogP contribution in [-0.4, -0.2) is 54.7 Å². The number of nitrogens with one attached hydrogen (secondary N) is 1. The van der Waals surface area contributed by atoms with Crippen LogP contribution in [0.5, 0.6) is 0 Å². The number of carbonyl (C=O) groups excluding carboxylic acids is 2. The first-order chi connectivity index (χ1) is 10.1. The maximum absolute atomic E-state index is 12.0. The van der Waals surface area contributed by atoms with Crippen LogP contribution in [0.1, 0.15) is 35.5 Å². The van der Waals surface area contributed by atoms with Gasteiger partial charge in [0.25, 0.3) is 5.91 Å². The molecule has 1 saturated heterocycles. The minimum absolute atomic E-state index is 0.0704. The van der Waals surface area contributed by atoms with Gasteiger partial charge in [-0.05, 0) is 19.8 Å². The van der Waals surface area contributed by atoms with E-state index in [1.807, 2.05) is 4.90 Å². The summed E-state index contributed by atoms with van der Waals surface area (Å²) in [5.41, 5.74) is 0.297. The van der Waals surface area contributed by atoms with Crippen LogP contribution < -0.4 is 5.32 Å². The van der Waals surface area contributed by atoms with Crippen LogP contribution in [-0.2, 0) is 9.53 Å². The maximum atomic E-state index is 12.0. The summed E-state index contributed by atoms with van der Waals surface area (Å²) in [5, 5.41) is 6.62. The predicted octanol–water partition coefficient (Wildman–Crippen LogP) is 0.740. The number of methoxy groups -OCH3 is 1. The Balaban J connectivity index is 1.76. The fourth-order valence-corrected chi connectivity index (χ4v) is 2.35. The number of hydrogen-bond donors (Lipinski definition) is 1. The lowest BCUT2D eigenvalue weighted by molar-refractivity contribution is -0.133. The number of carbonyl (C=O) groups is 2. The number of ether oxygens (including phenoxy) is 1. The van der Waals surface area contributed by atoms with Gasteiger partial charge in [0.1, 0.15) is 5.76 Å². The molecule has 7 nitrogen and oxygen atoms in total. The van der Waals surface area contributed by atoms with E-state index >= 15 is 0 Å². The van der Waals surface area contributed by atoms with E-state index in [0.29, 0.717) is 37.6 Å². The van der Waals surface area contributed by atoms with E-state index in [1.54, 1.807) is 20.1 Å². The van der Waals surface area contributed by atoms with E-state index in [9.17, 15) is 9.59 Å². The fraction of sp³-hybridized carbons (Fsp3) is 0.643. The summed E-state index contributed by atoms with van der Waals surface area (Å²) in [6.07, 6.45) is 1.91. The molecule has 0 aromatic carbocycles. The summed E-state index contributed by atoms with van der Waals surface area (Å²) < 4.78 is 9.79. The molecule has 21 heavy (non-hydrogen) atoms. The van der Waals surface area contributed by atoms with Crippen LogP contribution in [0.2, 0.25) is 0 Å². The first-order valence-corrected chi connectivity index (χ1v) is 7.11. The van der Waals surface area contributed by atoms with E-state index in [1.165, 1.54) is 0 Å². The van der Waals surface area contributed by atoms with Gasteiger partial charge >= 0.3 is 0 Å². The Labute approximate surface area is 123 Å². The zero-order valence-electron chi connectivity index (χ0n) is 12.4. The van der Waals surface area contributed by atoms with E-state index in [2.05, 4.69) is 10.5 Å². The highest BCUT2D eigenvalue weighted by molar-refractivity contribution is 5.92. The lowest BCUT2D eigenvalue weighted by atomic mass is 10.0. The minimum Gasteiger partial charge on any atom is -0.384 e. The Morgan fingerprint density at radius 2 is 2.19 bits per heavy atom. The van der Waals surface area contributed by atoms with Gasteiger partial charge in [0.05, 0.1) is 13.0 Å². The normalized spacial score (nSPS) is 16.0. The average molecular weight is 295 g/mol. The van der Waals surface area contributed by atoms with Crippen molar-refractivity contribution in [2.24, 2.45) is 0 Å². The summed E-state index contributed by atoms with van der Waals surface area (Å²) >= 11 is 0. The van der Waals surface area contributed by atoms with Crippen LogP contribution in [0.25, 0.3) is 0 Å².